The van der Waals surface area contributed by atoms with E-state index in [4.69, 9.17) is 0 Å². The van der Waals surface area contributed by atoms with Gasteiger partial charge in [-0.3, -0.25) is 0 Å². The third-order valence-electron chi connectivity index (χ3n) is 3.01. The highest BCUT2D eigenvalue weighted by Crippen LogP contribution is 2.41. The Balaban J connectivity index is 2.57. The molecular formula is C15H10F5N3O2. The van der Waals surface area contributed by atoms with Gasteiger partial charge < -0.3 is 0 Å². The first-order valence-electron chi connectivity index (χ1n) is 6.71. The molecule has 0 fully saturated rings. The predicted molar refractivity (Wildman–Crippen MR) is 77.0 cm³/mol. The summed E-state index contributed by atoms with van der Waals surface area (Å²) in [5.74, 6) is -7.74. The number of alkyl halides is 4. The van der Waals surface area contributed by atoms with E-state index < -0.39 is 23.6 Å². The van der Waals surface area contributed by atoms with E-state index in [-0.39, 0.29) is 10.7 Å². The number of para-hydroxylation sites is 1. The minimum absolute atomic E-state index is 0.0848. The first-order valence-corrected chi connectivity index (χ1v) is 6.71. The minimum Gasteiger partial charge on any atom is -0.248 e. The Morgan fingerprint density at radius 2 is 1.44 bits per heavy atom. The maximum absolute atomic E-state index is 14.7. The Morgan fingerprint density at radius 3 is 1.92 bits per heavy atom. The molecule has 2 rings (SSSR count). The first kappa shape index (κ1) is 18.3. The zero-order valence-corrected chi connectivity index (χ0v) is 12.3. The SMILES string of the molecule is O=C(OF)[C@@](F)(N(N=Nc1ccccc1)c1ccccc1)C(F)(F)F. The largest absolute Gasteiger partial charge is 0.456 e. The number of anilines is 1. The molecule has 0 N–H and O–H groups in total. The van der Waals surface area contributed by atoms with Crippen molar-refractivity contribution in [2.45, 2.75) is 12.0 Å². The van der Waals surface area contributed by atoms with Crippen LogP contribution < -0.4 is 5.01 Å². The molecule has 0 aliphatic heterocycles. The van der Waals surface area contributed by atoms with Gasteiger partial charge in [-0.1, -0.05) is 41.6 Å². The van der Waals surface area contributed by atoms with Gasteiger partial charge in [0, 0.05) is 4.53 Å². The quantitative estimate of drug-likeness (QED) is 0.332. The van der Waals surface area contributed by atoms with Crippen molar-refractivity contribution in [1.29, 1.82) is 0 Å². The lowest BCUT2D eigenvalue weighted by Gasteiger charge is -2.32. The molecule has 0 aliphatic carbocycles. The Kier molecular flexibility index (Phi) is 5.30. The monoisotopic (exact) mass is 359 g/mol. The van der Waals surface area contributed by atoms with Gasteiger partial charge >= 0.3 is 17.9 Å². The lowest BCUT2D eigenvalue weighted by Crippen LogP contribution is -2.59. The third kappa shape index (κ3) is 3.73. The average Bonchev–Trinajstić information content (AvgIpc) is 2.61. The Bertz CT molecular complexity index is 740. The van der Waals surface area contributed by atoms with E-state index in [0.29, 0.717) is 0 Å². The molecule has 2 aromatic rings. The van der Waals surface area contributed by atoms with Gasteiger partial charge in [0.1, 0.15) is 0 Å². The molecule has 0 unspecified atom stereocenters. The van der Waals surface area contributed by atoms with E-state index in [1.165, 1.54) is 42.5 Å². The van der Waals surface area contributed by atoms with Gasteiger partial charge in [-0.25, -0.2) is 9.74 Å². The highest BCUT2D eigenvalue weighted by atomic mass is 19.4. The van der Waals surface area contributed by atoms with Crippen molar-refractivity contribution < 1.29 is 31.8 Å². The number of halogens is 5. The summed E-state index contributed by atoms with van der Waals surface area (Å²) in [5.41, 5.74) is -0.408. The van der Waals surface area contributed by atoms with Gasteiger partial charge in [-0.2, -0.15) is 22.6 Å². The molecule has 5 nitrogen and oxygen atoms in total. The number of carbonyl (C=O) groups excluding carboxylic acids is 1. The number of hydrogen-bond acceptors (Lipinski definition) is 4. The number of rotatable bonds is 5. The van der Waals surface area contributed by atoms with Gasteiger partial charge in [-0.15, -0.1) is 5.11 Å². The van der Waals surface area contributed by atoms with Crippen LogP contribution in [0, 0.1) is 0 Å². The molecule has 2 aromatic carbocycles. The minimum atomic E-state index is -5.86. The van der Waals surface area contributed by atoms with Crippen molar-refractivity contribution in [2.75, 3.05) is 5.01 Å². The molecule has 0 aliphatic rings. The number of nitrogens with zero attached hydrogens (tertiary/aromatic N) is 3. The van der Waals surface area contributed by atoms with Crippen molar-refractivity contribution >= 4 is 17.3 Å². The molecule has 0 amide bonds. The fourth-order valence-electron chi connectivity index (χ4n) is 1.82. The topological polar surface area (TPSA) is 54.3 Å². The molecule has 0 saturated carbocycles. The van der Waals surface area contributed by atoms with Crippen LogP contribution in [0.25, 0.3) is 0 Å². The molecule has 0 bridgehead atoms. The lowest BCUT2D eigenvalue weighted by atomic mass is 10.2. The van der Waals surface area contributed by atoms with E-state index in [9.17, 15) is 26.9 Å². The van der Waals surface area contributed by atoms with Crippen LogP contribution in [0.1, 0.15) is 0 Å². The van der Waals surface area contributed by atoms with Gasteiger partial charge in [0.05, 0.1) is 11.4 Å². The normalized spacial score (nSPS) is 14.1. The fraction of sp³-hybridized carbons (Fsp3) is 0.133. The number of hydrogen-bond donors (Lipinski definition) is 0. The smallest absolute Gasteiger partial charge is 0.248 e. The van der Waals surface area contributed by atoms with Crippen LogP contribution in [0.5, 0.6) is 0 Å². The van der Waals surface area contributed by atoms with Crippen molar-refractivity contribution in [3.63, 3.8) is 0 Å². The van der Waals surface area contributed by atoms with E-state index >= 15 is 0 Å². The molecule has 1 atom stereocenters. The van der Waals surface area contributed by atoms with Gasteiger partial charge in [0.15, 0.2) is 0 Å². The predicted octanol–water partition coefficient (Wildman–Crippen LogP) is 4.85. The molecule has 0 spiro atoms. The average molecular weight is 359 g/mol. The summed E-state index contributed by atoms with van der Waals surface area (Å²) < 4.78 is 66.5. The molecule has 25 heavy (non-hydrogen) atoms. The second-order valence-electron chi connectivity index (χ2n) is 4.66. The summed E-state index contributed by atoms with van der Waals surface area (Å²) in [7, 11) is 0. The summed E-state index contributed by atoms with van der Waals surface area (Å²) >= 11 is 0. The van der Waals surface area contributed by atoms with Crippen LogP contribution >= 0.6 is 0 Å². The number of carbonyl (C=O) groups is 1. The zero-order chi connectivity index (χ0) is 18.5. The van der Waals surface area contributed by atoms with Crippen LogP contribution in [0.4, 0.5) is 33.5 Å². The van der Waals surface area contributed by atoms with Gasteiger partial charge in [0.2, 0.25) is 0 Å². The Morgan fingerprint density at radius 1 is 0.920 bits per heavy atom. The second-order valence-corrected chi connectivity index (χ2v) is 4.66. The van der Waals surface area contributed by atoms with Crippen LogP contribution in [0.3, 0.4) is 0 Å². The van der Waals surface area contributed by atoms with E-state index in [1.807, 2.05) is 0 Å². The van der Waals surface area contributed by atoms with E-state index in [2.05, 4.69) is 15.3 Å². The Hall–Kier alpha value is -3.04. The highest BCUT2D eigenvalue weighted by Gasteiger charge is 2.69. The summed E-state index contributed by atoms with van der Waals surface area (Å²) in [6, 6.07) is 13.5. The molecular weight excluding hydrogens is 349 g/mol. The van der Waals surface area contributed by atoms with E-state index in [1.54, 1.807) is 6.07 Å². The van der Waals surface area contributed by atoms with Crippen molar-refractivity contribution in [2.24, 2.45) is 10.3 Å². The molecule has 10 heteroatoms. The third-order valence-corrected chi connectivity index (χ3v) is 3.01. The molecule has 0 saturated heterocycles. The fourth-order valence-corrected chi connectivity index (χ4v) is 1.82. The molecule has 0 radical (unpaired) electrons. The molecule has 0 aromatic heterocycles. The Labute approximate surface area is 138 Å². The maximum Gasteiger partial charge on any atom is 0.456 e. The molecule has 132 valence electrons. The summed E-state index contributed by atoms with van der Waals surface area (Å²) in [5, 5.41) is 6.24. The standard InChI is InChI=1S/C15H10F5N3O2/c16-14(13(24)25-20,15(17,18)19)23(12-9-5-2-6-10-12)22-21-11-7-3-1-4-8-11/h1-10H/t14-/m1/s1. The second kappa shape index (κ2) is 7.24. The van der Waals surface area contributed by atoms with Crippen LogP contribution in [0.15, 0.2) is 71.0 Å². The van der Waals surface area contributed by atoms with Crippen molar-refractivity contribution in [3.8, 4) is 0 Å². The highest BCUT2D eigenvalue weighted by molar-refractivity contribution is 5.84. The van der Waals surface area contributed by atoms with Crippen LogP contribution in [0.2, 0.25) is 0 Å². The van der Waals surface area contributed by atoms with Crippen LogP contribution in [-0.2, 0) is 9.74 Å². The molecule has 0 heterocycles. The summed E-state index contributed by atoms with van der Waals surface area (Å²) in [4.78, 5) is 13.8. The lowest BCUT2D eigenvalue weighted by molar-refractivity contribution is -0.257. The van der Waals surface area contributed by atoms with E-state index in [0.717, 1.165) is 12.1 Å². The summed E-state index contributed by atoms with van der Waals surface area (Å²) in [6.07, 6.45) is -5.86. The number of benzene rings is 2. The van der Waals surface area contributed by atoms with Crippen molar-refractivity contribution in [1.82, 2.24) is 0 Å². The first-order chi connectivity index (χ1) is 11.8. The van der Waals surface area contributed by atoms with Crippen molar-refractivity contribution in [3.05, 3.63) is 60.7 Å². The van der Waals surface area contributed by atoms with Gasteiger partial charge in [0.25, 0.3) is 0 Å². The zero-order valence-electron chi connectivity index (χ0n) is 12.3. The van der Waals surface area contributed by atoms with Gasteiger partial charge in [-0.05, 0) is 24.3 Å². The maximum atomic E-state index is 14.7. The summed E-state index contributed by atoms with van der Waals surface area (Å²) in [6.45, 7) is 0. The van der Waals surface area contributed by atoms with Crippen LogP contribution in [-0.4, -0.2) is 17.9 Å².